The fraction of sp³-hybridized carbons (Fsp3) is 0.273. The maximum atomic E-state index is 12.2. The van der Waals surface area contributed by atoms with Crippen LogP contribution in [0.5, 0.6) is 11.5 Å². The van der Waals surface area contributed by atoms with Crippen molar-refractivity contribution in [2.45, 2.75) is 25.9 Å². The number of aromatic nitrogens is 2. The van der Waals surface area contributed by atoms with Gasteiger partial charge in [0.2, 0.25) is 0 Å². The minimum Gasteiger partial charge on any atom is -0.493 e. The van der Waals surface area contributed by atoms with Crippen molar-refractivity contribution in [3.63, 3.8) is 0 Å². The van der Waals surface area contributed by atoms with Crippen molar-refractivity contribution in [1.82, 2.24) is 14.9 Å². The first kappa shape index (κ1) is 18.9. The van der Waals surface area contributed by atoms with Crippen LogP contribution in [0.1, 0.15) is 17.8 Å². The average molecular weight is 392 g/mol. The molecule has 1 aromatic heterocycles. The second-order valence-electron chi connectivity index (χ2n) is 6.89. The van der Waals surface area contributed by atoms with Gasteiger partial charge in [-0.1, -0.05) is 18.2 Å². The number of ether oxygens (including phenoxy) is 2. The summed E-state index contributed by atoms with van der Waals surface area (Å²) in [6, 6.07) is 13.1. The molecule has 0 saturated heterocycles. The molecule has 2 heterocycles. The van der Waals surface area contributed by atoms with Crippen LogP contribution in [0.3, 0.4) is 0 Å². The number of rotatable bonds is 6. The van der Waals surface area contributed by atoms with Crippen molar-refractivity contribution < 1.29 is 14.3 Å². The quantitative estimate of drug-likeness (QED) is 0.668. The molecule has 7 nitrogen and oxygen atoms in total. The molecule has 29 heavy (non-hydrogen) atoms. The molecular weight excluding hydrogens is 368 g/mol. The van der Waals surface area contributed by atoms with Crippen LogP contribution in [0.15, 0.2) is 48.7 Å². The van der Waals surface area contributed by atoms with E-state index in [1.54, 1.807) is 14.2 Å². The summed E-state index contributed by atoms with van der Waals surface area (Å²) in [4.78, 5) is 16.7. The van der Waals surface area contributed by atoms with Gasteiger partial charge in [0.1, 0.15) is 5.82 Å². The molecule has 0 fully saturated rings. The predicted octanol–water partition coefficient (Wildman–Crippen LogP) is 3.84. The van der Waals surface area contributed by atoms with Gasteiger partial charge in [0.05, 0.1) is 26.1 Å². The van der Waals surface area contributed by atoms with Gasteiger partial charge in [-0.25, -0.2) is 9.78 Å². The molecular formula is C22H24N4O3. The summed E-state index contributed by atoms with van der Waals surface area (Å²) in [5.74, 6) is 2.44. The van der Waals surface area contributed by atoms with E-state index < -0.39 is 0 Å². The number of hydrogen-bond donors (Lipinski definition) is 2. The summed E-state index contributed by atoms with van der Waals surface area (Å²) in [5.41, 5.74) is 3.88. The van der Waals surface area contributed by atoms with Gasteiger partial charge in [0.15, 0.2) is 11.5 Å². The second-order valence-corrected chi connectivity index (χ2v) is 6.89. The molecule has 3 aromatic rings. The lowest BCUT2D eigenvalue weighted by atomic mass is 10.1. The van der Waals surface area contributed by atoms with E-state index in [1.165, 1.54) is 0 Å². The van der Waals surface area contributed by atoms with E-state index in [1.807, 2.05) is 48.7 Å². The van der Waals surface area contributed by atoms with Gasteiger partial charge >= 0.3 is 6.03 Å². The lowest BCUT2D eigenvalue weighted by molar-refractivity contribution is 0.251. The molecule has 1 aliphatic heterocycles. The zero-order chi connectivity index (χ0) is 20.2. The third-order valence-corrected chi connectivity index (χ3v) is 5.06. The normalized spacial score (nSPS) is 12.3. The molecule has 2 aromatic carbocycles. The summed E-state index contributed by atoms with van der Waals surface area (Å²) in [6.07, 6.45) is 4.11. The highest BCUT2D eigenvalue weighted by molar-refractivity contribution is 5.89. The third-order valence-electron chi connectivity index (χ3n) is 5.06. The Morgan fingerprint density at radius 2 is 1.90 bits per heavy atom. The molecule has 7 heteroatoms. The fourth-order valence-corrected chi connectivity index (χ4v) is 3.56. The van der Waals surface area contributed by atoms with Gasteiger partial charge in [-0.15, -0.1) is 0 Å². The first-order valence-electron chi connectivity index (χ1n) is 9.58. The van der Waals surface area contributed by atoms with Gasteiger partial charge in [-0.2, -0.15) is 0 Å². The topological polar surface area (TPSA) is 77.4 Å². The Balaban J connectivity index is 1.35. The molecule has 0 aliphatic carbocycles. The Morgan fingerprint density at radius 3 is 2.66 bits per heavy atom. The number of imidazole rings is 1. The largest absolute Gasteiger partial charge is 0.493 e. The summed E-state index contributed by atoms with van der Waals surface area (Å²) in [6.45, 7) is 1.40. The Morgan fingerprint density at radius 1 is 1.10 bits per heavy atom. The van der Waals surface area contributed by atoms with E-state index in [4.69, 9.17) is 9.47 Å². The van der Waals surface area contributed by atoms with Crippen molar-refractivity contribution in [3.8, 4) is 22.8 Å². The number of hydrogen-bond acceptors (Lipinski definition) is 4. The number of anilines is 1. The van der Waals surface area contributed by atoms with Gasteiger partial charge in [-0.05, 0) is 41.8 Å². The van der Waals surface area contributed by atoms with Crippen LogP contribution in [-0.2, 0) is 19.5 Å². The smallest absolute Gasteiger partial charge is 0.319 e. The van der Waals surface area contributed by atoms with Gasteiger partial charge in [-0.3, -0.25) is 0 Å². The number of nitrogens with one attached hydrogen (secondary N) is 2. The molecule has 0 atom stereocenters. The SMILES string of the molecule is COc1ccc(CNC(=O)Nc2ccc(-c3cnc4n3CCC4)cc2)cc1OC. The fourth-order valence-electron chi connectivity index (χ4n) is 3.56. The number of nitrogens with zero attached hydrogens (tertiary/aromatic N) is 2. The zero-order valence-electron chi connectivity index (χ0n) is 16.6. The number of aryl methyl sites for hydroxylation is 1. The van der Waals surface area contributed by atoms with Crippen LogP contribution in [0.4, 0.5) is 10.5 Å². The lowest BCUT2D eigenvalue weighted by Gasteiger charge is -2.11. The van der Waals surface area contributed by atoms with Crippen molar-refractivity contribution in [1.29, 1.82) is 0 Å². The molecule has 4 rings (SSSR count). The highest BCUT2D eigenvalue weighted by atomic mass is 16.5. The van der Waals surface area contributed by atoms with Crippen LogP contribution in [0.2, 0.25) is 0 Å². The summed E-state index contributed by atoms with van der Waals surface area (Å²) < 4.78 is 12.8. The Kier molecular flexibility index (Phi) is 5.37. The number of carbonyl (C=O) groups is 1. The highest BCUT2D eigenvalue weighted by Crippen LogP contribution is 2.28. The molecule has 1 aliphatic rings. The molecule has 0 spiro atoms. The Labute approximate surface area is 169 Å². The number of fused-ring (bicyclic) bond motifs is 1. The number of benzene rings is 2. The Bertz CT molecular complexity index is 1010. The van der Waals surface area contributed by atoms with E-state index in [2.05, 4.69) is 20.2 Å². The van der Waals surface area contributed by atoms with E-state index in [9.17, 15) is 4.79 Å². The summed E-state index contributed by atoms with van der Waals surface area (Å²) in [7, 11) is 3.18. The van der Waals surface area contributed by atoms with Crippen molar-refractivity contribution in [2.24, 2.45) is 0 Å². The first-order valence-corrected chi connectivity index (χ1v) is 9.58. The number of methoxy groups -OCH3 is 2. The number of carbonyl (C=O) groups excluding carboxylic acids is 1. The minimum atomic E-state index is -0.266. The van der Waals surface area contributed by atoms with E-state index in [-0.39, 0.29) is 6.03 Å². The third kappa shape index (κ3) is 4.03. The predicted molar refractivity (Wildman–Crippen MR) is 111 cm³/mol. The van der Waals surface area contributed by atoms with Crippen molar-refractivity contribution >= 4 is 11.7 Å². The molecule has 2 amide bonds. The molecule has 150 valence electrons. The molecule has 0 bridgehead atoms. The maximum absolute atomic E-state index is 12.2. The molecule has 0 saturated carbocycles. The first-order chi connectivity index (χ1) is 14.2. The van der Waals surface area contributed by atoms with E-state index >= 15 is 0 Å². The van der Waals surface area contributed by atoms with Gasteiger partial charge in [0, 0.05) is 25.2 Å². The standard InChI is InChI=1S/C22H24N4O3/c1-28-19-10-5-15(12-20(19)29-2)13-24-22(27)25-17-8-6-16(7-9-17)18-14-23-21-4-3-11-26(18)21/h5-10,12,14H,3-4,11,13H2,1-2H3,(H2,24,25,27). The van der Waals surface area contributed by atoms with Gasteiger partial charge in [0.25, 0.3) is 0 Å². The summed E-state index contributed by atoms with van der Waals surface area (Å²) >= 11 is 0. The zero-order valence-corrected chi connectivity index (χ0v) is 16.6. The van der Waals surface area contributed by atoms with E-state index in [0.717, 1.165) is 47.7 Å². The lowest BCUT2D eigenvalue weighted by Crippen LogP contribution is -2.28. The Hall–Kier alpha value is -3.48. The highest BCUT2D eigenvalue weighted by Gasteiger charge is 2.16. The minimum absolute atomic E-state index is 0.266. The number of urea groups is 1. The van der Waals surface area contributed by atoms with Crippen LogP contribution >= 0.6 is 0 Å². The van der Waals surface area contributed by atoms with Gasteiger partial charge < -0.3 is 24.7 Å². The average Bonchev–Trinajstić information content (AvgIpc) is 3.37. The summed E-state index contributed by atoms with van der Waals surface area (Å²) in [5, 5.41) is 5.71. The van der Waals surface area contributed by atoms with Crippen LogP contribution < -0.4 is 20.1 Å². The maximum Gasteiger partial charge on any atom is 0.319 e. The van der Waals surface area contributed by atoms with Crippen LogP contribution in [-0.4, -0.2) is 29.8 Å². The second kappa shape index (κ2) is 8.26. The molecule has 2 N–H and O–H groups in total. The van der Waals surface area contributed by atoms with Crippen molar-refractivity contribution in [2.75, 3.05) is 19.5 Å². The van der Waals surface area contributed by atoms with Crippen LogP contribution in [0, 0.1) is 0 Å². The van der Waals surface area contributed by atoms with E-state index in [0.29, 0.717) is 18.0 Å². The number of amides is 2. The van der Waals surface area contributed by atoms with Crippen LogP contribution in [0.25, 0.3) is 11.3 Å². The molecule has 0 radical (unpaired) electrons. The monoisotopic (exact) mass is 392 g/mol. The molecule has 0 unspecified atom stereocenters. The van der Waals surface area contributed by atoms with Crippen molar-refractivity contribution in [3.05, 3.63) is 60.0 Å².